The molecule has 1 amide bonds. The van der Waals surface area contributed by atoms with Crippen LogP contribution in [0.4, 0.5) is 22.0 Å². The number of nitrogens with one attached hydrogen (secondary N) is 1. The van der Waals surface area contributed by atoms with E-state index in [2.05, 4.69) is 10.3 Å². The first-order valence-electron chi connectivity index (χ1n) is 14.9. The Morgan fingerprint density at radius 1 is 0.837 bits per heavy atom. The molecule has 1 saturated heterocycles. The second-order valence-electron chi connectivity index (χ2n) is 11.3. The van der Waals surface area contributed by atoms with Crippen molar-refractivity contribution >= 4 is 29.1 Å². The third-order valence-electron chi connectivity index (χ3n) is 8.06. The van der Waals surface area contributed by atoms with Crippen LogP contribution >= 0.6 is 23.2 Å². The number of carbonyl (C=O) groups excluding carboxylic acids is 1. The molecular formula is C35H26Cl2F5N3O4. The molecule has 14 heteroatoms. The quantitative estimate of drug-likeness (QED) is 0.0912. The van der Waals surface area contributed by atoms with Gasteiger partial charge in [-0.25, -0.2) is 26.9 Å². The second kappa shape index (κ2) is 14.7. The van der Waals surface area contributed by atoms with Crippen LogP contribution in [0.2, 0.25) is 10.3 Å². The summed E-state index contributed by atoms with van der Waals surface area (Å²) >= 11 is 12.4. The Hall–Kier alpha value is -4.33. The maximum atomic E-state index is 14.1. The average Bonchev–Trinajstić information content (AvgIpc) is 3.44. The summed E-state index contributed by atoms with van der Waals surface area (Å²) in [6.07, 6.45) is 0.477. The zero-order valence-corrected chi connectivity index (χ0v) is 26.8. The van der Waals surface area contributed by atoms with Gasteiger partial charge in [-0.05, 0) is 39.9 Å². The van der Waals surface area contributed by atoms with Gasteiger partial charge in [-0.3, -0.25) is 4.79 Å². The Morgan fingerprint density at radius 3 is 2.14 bits per heavy atom. The first kappa shape index (κ1) is 34.5. The molecule has 0 spiro atoms. The topological polar surface area (TPSA) is 85.6 Å². The van der Waals surface area contributed by atoms with Gasteiger partial charge < -0.3 is 24.5 Å². The lowest BCUT2D eigenvalue weighted by molar-refractivity contribution is -0.252. The van der Waals surface area contributed by atoms with Gasteiger partial charge in [0.25, 0.3) is 5.91 Å². The minimum atomic E-state index is -2.35. The van der Waals surface area contributed by atoms with Crippen LogP contribution in [-0.4, -0.2) is 26.7 Å². The van der Waals surface area contributed by atoms with Crippen molar-refractivity contribution in [2.45, 2.75) is 44.6 Å². The number of rotatable bonds is 9. The van der Waals surface area contributed by atoms with Gasteiger partial charge in [0.2, 0.25) is 5.82 Å². The van der Waals surface area contributed by atoms with Crippen molar-refractivity contribution < 1.29 is 41.3 Å². The van der Waals surface area contributed by atoms with E-state index in [0.717, 1.165) is 16.7 Å². The molecule has 4 aromatic carbocycles. The van der Waals surface area contributed by atoms with Gasteiger partial charge in [-0.2, -0.15) is 0 Å². The molecule has 0 radical (unpaired) electrons. The monoisotopic (exact) mass is 717 g/mol. The molecule has 1 aromatic heterocycles. The molecule has 7 nitrogen and oxygen atoms in total. The van der Waals surface area contributed by atoms with Gasteiger partial charge in [0.1, 0.15) is 10.7 Å². The fourth-order valence-electron chi connectivity index (χ4n) is 5.52. The molecule has 0 aliphatic carbocycles. The predicted molar refractivity (Wildman–Crippen MR) is 170 cm³/mol. The van der Waals surface area contributed by atoms with Gasteiger partial charge in [0.15, 0.2) is 34.7 Å². The van der Waals surface area contributed by atoms with Crippen molar-refractivity contribution in [2.24, 2.45) is 0 Å². The smallest absolute Gasteiger partial charge is 0.257 e. The molecule has 1 aliphatic heterocycles. The van der Waals surface area contributed by atoms with E-state index in [1.54, 1.807) is 28.8 Å². The normalized spacial score (nSPS) is 17.7. The number of imidazole rings is 1. The standard InChI is InChI=1S/C35H26Cl2F5N3O4/c36-32-33(37)45(17-44-32)15-24-13-25(20-9-7-18(16-46)8-10-20)49-35(48-24)23-6-2-5-22(12-23)21-4-1-3-19(11-21)14-43-34(47)26-27(38)29(40)31(42)30(41)28(26)39/h1-12,17,24-25,35,46H,13-16H2,(H,43,47). The van der Waals surface area contributed by atoms with Gasteiger partial charge in [0, 0.05) is 18.5 Å². The number of benzene rings is 4. The number of ether oxygens (including phenoxy) is 2. The molecular weight excluding hydrogens is 692 g/mol. The Kier molecular flexibility index (Phi) is 10.3. The van der Waals surface area contributed by atoms with E-state index in [1.165, 1.54) is 6.33 Å². The van der Waals surface area contributed by atoms with Gasteiger partial charge in [0.05, 0.1) is 31.7 Å². The zero-order chi connectivity index (χ0) is 34.8. The van der Waals surface area contributed by atoms with Crippen LogP contribution in [0.3, 0.4) is 0 Å². The summed E-state index contributed by atoms with van der Waals surface area (Å²) in [5, 5.41) is 12.2. The molecule has 1 aliphatic rings. The first-order chi connectivity index (χ1) is 23.5. The highest BCUT2D eigenvalue weighted by atomic mass is 35.5. The number of nitrogens with zero attached hydrogens (tertiary/aromatic N) is 2. The van der Waals surface area contributed by atoms with Crippen LogP contribution in [0.1, 0.15) is 51.4 Å². The minimum absolute atomic E-state index is 0.0915. The molecule has 2 N–H and O–H groups in total. The maximum absolute atomic E-state index is 14.1. The number of hydrogen-bond acceptors (Lipinski definition) is 5. The number of hydrogen-bond donors (Lipinski definition) is 2. The van der Waals surface area contributed by atoms with Crippen molar-refractivity contribution in [2.75, 3.05) is 0 Å². The molecule has 5 aromatic rings. The Labute approximate surface area is 286 Å². The van der Waals surface area contributed by atoms with E-state index < -0.39 is 46.8 Å². The van der Waals surface area contributed by atoms with Crippen LogP contribution in [0.15, 0.2) is 79.1 Å². The molecule has 49 heavy (non-hydrogen) atoms. The highest BCUT2D eigenvalue weighted by Crippen LogP contribution is 2.40. The largest absolute Gasteiger partial charge is 0.392 e. The molecule has 6 rings (SSSR count). The number of carbonyl (C=O) groups is 1. The Balaban J connectivity index is 1.22. The van der Waals surface area contributed by atoms with Crippen molar-refractivity contribution in [1.29, 1.82) is 0 Å². The second-order valence-corrected chi connectivity index (χ2v) is 12.0. The molecule has 1 fully saturated rings. The fourth-order valence-corrected chi connectivity index (χ4v) is 5.84. The Bertz CT molecular complexity index is 1980. The van der Waals surface area contributed by atoms with E-state index in [0.29, 0.717) is 29.7 Å². The van der Waals surface area contributed by atoms with Crippen molar-refractivity contribution in [1.82, 2.24) is 14.9 Å². The van der Waals surface area contributed by atoms with E-state index in [9.17, 15) is 31.9 Å². The van der Waals surface area contributed by atoms with Crippen LogP contribution in [-0.2, 0) is 29.2 Å². The van der Waals surface area contributed by atoms with E-state index in [4.69, 9.17) is 32.7 Å². The van der Waals surface area contributed by atoms with Gasteiger partial charge in [-0.15, -0.1) is 0 Å². The fraction of sp³-hybridized carbons (Fsp3) is 0.200. The average molecular weight is 719 g/mol. The molecule has 3 atom stereocenters. The molecule has 254 valence electrons. The zero-order valence-electron chi connectivity index (χ0n) is 25.3. The van der Waals surface area contributed by atoms with E-state index >= 15 is 0 Å². The lowest BCUT2D eigenvalue weighted by atomic mass is 9.98. The summed E-state index contributed by atoms with van der Waals surface area (Å²) in [5.41, 5.74) is 2.72. The van der Waals surface area contributed by atoms with Gasteiger partial charge >= 0.3 is 0 Å². The maximum Gasteiger partial charge on any atom is 0.257 e. The summed E-state index contributed by atoms with van der Waals surface area (Å²) in [7, 11) is 0. The third kappa shape index (κ3) is 7.34. The number of aliphatic hydroxyl groups excluding tert-OH is 1. The lowest BCUT2D eigenvalue weighted by Crippen LogP contribution is -2.32. The highest BCUT2D eigenvalue weighted by molar-refractivity contribution is 6.40. The molecule has 2 heterocycles. The number of amides is 1. The van der Waals surface area contributed by atoms with Gasteiger partial charge in [-0.1, -0.05) is 83.9 Å². The summed E-state index contributed by atoms with van der Waals surface area (Å²) in [5.74, 6) is -12.6. The number of aromatic nitrogens is 2. The lowest BCUT2D eigenvalue weighted by Gasteiger charge is -2.36. The molecule has 0 saturated carbocycles. The SMILES string of the molecule is O=C(NCc1cccc(-c2cccc(C3OC(Cn4cnc(Cl)c4Cl)CC(c4ccc(CO)cc4)O3)c2)c1)c1c(F)c(F)c(F)c(F)c1F. The number of halogens is 7. The summed E-state index contributed by atoms with van der Waals surface area (Å²) in [6, 6.07) is 21.6. The van der Waals surface area contributed by atoms with E-state index in [-0.39, 0.29) is 35.7 Å². The van der Waals surface area contributed by atoms with Crippen LogP contribution in [0, 0.1) is 29.1 Å². The van der Waals surface area contributed by atoms with Crippen LogP contribution < -0.4 is 5.32 Å². The summed E-state index contributed by atoms with van der Waals surface area (Å²) in [4.78, 5) is 16.5. The van der Waals surface area contributed by atoms with Crippen LogP contribution in [0.25, 0.3) is 11.1 Å². The minimum Gasteiger partial charge on any atom is -0.392 e. The summed E-state index contributed by atoms with van der Waals surface area (Å²) < 4.78 is 83.5. The molecule has 3 unspecified atom stereocenters. The van der Waals surface area contributed by atoms with E-state index in [1.807, 2.05) is 48.5 Å². The predicted octanol–water partition coefficient (Wildman–Crippen LogP) is 8.22. The number of aliphatic hydroxyl groups is 1. The Morgan fingerprint density at radius 2 is 1.49 bits per heavy atom. The summed E-state index contributed by atoms with van der Waals surface area (Å²) in [6.45, 7) is -0.00616. The van der Waals surface area contributed by atoms with Crippen molar-refractivity contribution in [3.63, 3.8) is 0 Å². The van der Waals surface area contributed by atoms with Crippen LogP contribution in [0.5, 0.6) is 0 Å². The highest BCUT2D eigenvalue weighted by Gasteiger charge is 2.33. The van der Waals surface area contributed by atoms with Crippen molar-refractivity contribution in [3.8, 4) is 11.1 Å². The molecule has 0 bridgehead atoms. The van der Waals surface area contributed by atoms with Crippen molar-refractivity contribution in [3.05, 3.63) is 146 Å². The third-order valence-corrected chi connectivity index (χ3v) is 8.83. The first-order valence-corrected chi connectivity index (χ1v) is 15.6.